The summed E-state index contributed by atoms with van der Waals surface area (Å²) in [6.07, 6.45) is 4.08. The van der Waals surface area contributed by atoms with Gasteiger partial charge in [-0.25, -0.2) is 19.3 Å². The number of hydrogen-bond acceptors (Lipinski definition) is 7. The predicted octanol–water partition coefficient (Wildman–Crippen LogP) is 3.22. The van der Waals surface area contributed by atoms with Crippen LogP contribution in [0.3, 0.4) is 0 Å². The normalized spacial score (nSPS) is 18.3. The topological polar surface area (TPSA) is 101 Å². The molecular formula is C29H25FN6O3. The molecule has 1 fully saturated rings. The Hall–Kier alpha value is -4.73. The molecule has 39 heavy (non-hydrogen) atoms. The number of carbonyl (C=O) groups is 2. The van der Waals surface area contributed by atoms with Crippen LogP contribution in [-0.2, 0) is 6.54 Å². The number of rotatable bonds is 5. The number of likely N-dealkylation sites (tertiary alicyclic amines) is 1. The summed E-state index contributed by atoms with van der Waals surface area (Å²) < 4.78 is 15.4. The van der Waals surface area contributed by atoms with Crippen molar-refractivity contribution in [3.63, 3.8) is 0 Å². The Labute approximate surface area is 223 Å². The average molecular weight is 525 g/mol. The number of halogens is 1. The van der Waals surface area contributed by atoms with Crippen molar-refractivity contribution in [1.29, 1.82) is 0 Å². The minimum absolute atomic E-state index is 0.0221. The zero-order valence-electron chi connectivity index (χ0n) is 21.0. The molecule has 1 unspecified atom stereocenters. The van der Waals surface area contributed by atoms with Crippen molar-refractivity contribution < 1.29 is 14.0 Å². The van der Waals surface area contributed by atoms with Gasteiger partial charge in [0.2, 0.25) is 5.95 Å². The second-order valence-electron chi connectivity index (χ2n) is 9.86. The van der Waals surface area contributed by atoms with E-state index in [2.05, 4.69) is 9.97 Å². The number of carbonyl (C=O) groups excluding carboxylic acids is 2. The van der Waals surface area contributed by atoms with Gasteiger partial charge in [0.25, 0.3) is 11.5 Å². The molecule has 1 amide bonds. The Morgan fingerprint density at radius 3 is 2.49 bits per heavy atom. The van der Waals surface area contributed by atoms with E-state index < -0.39 is 11.4 Å². The fraction of sp³-hybridized carbons (Fsp3) is 0.241. The van der Waals surface area contributed by atoms with Gasteiger partial charge in [0.1, 0.15) is 12.1 Å². The van der Waals surface area contributed by atoms with Gasteiger partial charge in [-0.15, -0.1) is 0 Å². The lowest BCUT2D eigenvalue weighted by atomic mass is 9.89. The zero-order chi connectivity index (χ0) is 27.0. The number of aromatic nitrogens is 4. The van der Waals surface area contributed by atoms with Crippen LogP contribution in [0.15, 0.2) is 84.0 Å². The highest BCUT2D eigenvalue weighted by molar-refractivity contribution is 5.99. The van der Waals surface area contributed by atoms with Crippen molar-refractivity contribution in [2.75, 3.05) is 24.5 Å². The number of nitrogens with zero attached hydrogens (tertiary/aromatic N) is 6. The molecule has 2 aliphatic heterocycles. The second-order valence-corrected chi connectivity index (χ2v) is 9.86. The first-order valence-corrected chi connectivity index (χ1v) is 12.7. The van der Waals surface area contributed by atoms with E-state index in [9.17, 15) is 18.8 Å². The minimum atomic E-state index is -0.628. The van der Waals surface area contributed by atoms with Crippen LogP contribution in [-0.4, -0.2) is 61.3 Å². The van der Waals surface area contributed by atoms with E-state index in [1.54, 1.807) is 52.1 Å². The molecule has 0 radical (unpaired) electrons. The van der Waals surface area contributed by atoms with Crippen LogP contribution in [0.4, 0.5) is 10.3 Å². The number of anilines is 1. The predicted molar refractivity (Wildman–Crippen MR) is 142 cm³/mol. The molecule has 2 aromatic heterocycles. The molecule has 0 saturated carbocycles. The third kappa shape index (κ3) is 4.58. The molecule has 1 atom stereocenters. The lowest BCUT2D eigenvalue weighted by molar-refractivity contribution is 0.0779. The summed E-state index contributed by atoms with van der Waals surface area (Å²) in [5.74, 6) is -0.504. The van der Waals surface area contributed by atoms with Gasteiger partial charge < -0.3 is 9.80 Å². The molecule has 0 N–H and O–H groups in total. The molecule has 2 aromatic carbocycles. The maximum atomic E-state index is 13.8. The van der Waals surface area contributed by atoms with E-state index in [-0.39, 0.29) is 29.4 Å². The van der Waals surface area contributed by atoms with E-state index in [0.717, 1.165) is 0 Å². The first-order chi connectivity index (χ1) is 18.9. The lowest BCUT2D eigenvalue weighted by Gasteiger charge is -2.46. The summed E-state index contributed by atoms with van der Waals surface area (Å²) in [5, 5.41) is 0. The van der Waals surface area contributed by atoms with Crippen LogP contribution in [0.2, 0.25) is 0 Å². The molecule has 6 rings (SSSR count). The summed E-state index contributed by atoms with van der Waals surface area (Å²) >= 11 is 0. The Kier molecular flexibility index (Phi) is 6.22. The van der Waals surface area contributed by atoms with Crippen LogP contribution in [0, 0.1) is 5.82 Å². The monoisotopic (exact) mass is 524 g/mol. The molecule has 10 heteroatoms. The highest BCUT2D eigenvalue weighted by Crippen LogP contribution is 2.39. The van der Waals surface area contributed by atoms with Gasteiger partial charge in [-0.2, -0.15) is 0 Å². The van der Waals surface area contributed by atoms with Gasteiger partial charge in [0.05, 0.1) is 23.5 Å². The van der Waals surface area contributed by atoms with Gasteiger partial charge in [-0.05, 0) is 37.1 Å². The number of amides is 1. The van der Waals surface area contributed by atoms with Crippen molar-refractivity contribution in [3.05, 3.63) is 107 Å². The number of Topliss-reactive ketones (excluding diaryl/α,β-unsaturated/α-hetero) is 1. The van der Waals surface area contributed by atoms with E-state index in [4.69, 9.17) is 4.98 Å². The largest absolute Gasteiger partial charge is 0.336 e. The number of benzene rings is 2. The fourth-order valence-corrected chi connectivity index (χ4v) is 5.51. The van der Waals surface area contributed by atoms with Gasteiger partial charge in [0.15, 0.2) is 5.78 Å². The first-order valence-electron chi connectivity index (χ1n) is 12.7. The van der Waals surface area contributed by atoms with E-state index in [0.29, 0.717) is 55.4 Å². The fourth-order valence-electron chi connectivity index (χ4n) is 5.51. The first kappa shape index (κ1) is 24.6. The standard InChI is InChI=1S/C29H25FN6O3/c30-22-8-4-7-21(15-22)27(39)34-13-10-29(18-34)11-14-35-26(38)16-24(23-9-12-31-19-32-23)33-28(35)36(29)17-25(37)20-5-2-1-3-6-20/h1-9,12,15-16,19H,10-11,13-14,17-18H2. The quantitative estimate of drug-likeness (QED) is 0.370. The molecular weight excluding hydrogens is 499 g/mol. The van der Waals surface area contributed by atoms with E-state index in [1.165, 1.54) is 30.6 Å². The van der Waals surface area contributed by atoms with E-state index in [1.807, 2.05) is 11.0 Å². The van der Waals surface area contributed by atoms with Crippen molar-refractivity contribution in [2.45, 2.75) is 24.9 Å². The van der Waals surface area contributed by atoms with Crippen molar-refractivity contribution >= 4 is 17.6 Å². The second kappa shape index (κ2) is 9.86. The molecule has 2 aliphatic rings. The summed E-state index contributed by atoms with van der Waals surface area (Å²) in [6.45, 7) is 1.12. The lowest BCUT2D eigenvalue weighted by Crippen LogP contribution is -2.58. The smallest absolute Gasteiger partial charge is 0.255 e. The van der Waals surface area contributed by atoms with Crippen LogP contribution in [0.25, 0.3) is 11.4 Å². The molecule has 0 bridgehead atoms. The SMILES string of the molecule is O=C(CN1c2nc(-c3ccncn3)cc(=O)n2CCC12CCN(C(=O)c1cccc(F)c1)C2)c1ccccc1. The molecule has 4 heterocycles. The van der Waals surface area contributed by atoms with Gasteiger partial charge in [-0.1, -0.05) is 36.4 Å². The molecule has 4 aromatic rings. The highest BCUT2D eigenvalue weighted by Gasteiger charge is 2.48. The van der Waals surface area contributed by atoms with Gasteiger partial charge >= 0.3 is 0 Å². The van der Waals surface area contributed by atoms with Crippen LogP contribution in [0.5, 0.6) is 0 Å². The van der Waals surface area contributed by atoms with Gasteiger partial charge in [0, 0.05) is 43.0 Å². The maximum Gasteiger partial charge on any atom is 0.255 e. The number of ketones is 1. The molecule has 196 valence electrons. The molecule has 0 aliphatic carbocycles. The Bertz CT molecular complexity index is 1610. The Balaban J connectivity index is 1.41. The summed E-state index contributed by atoms with van der Waals surface area (Å²) in [6, 6.07) is 17.7. The third-order valence-electron chi connectivity index (χ3n) is 7.54. The number of hydrogen-bond donors (Lipinski definition) is 0. The third-order valence-corrected chi connectivity index (χ3v) is 7.54. The van der Waals surface area contributed by atoms with Crippen molar-refractivity contribution in [3.8, 4) is 11.4 Å². The summed E-state index contributed by atoms with van der Waals surface area (Å²) in [7, 11) is 0. The van der Waals surface area contributed by atoms with Crippen LogP contribution < -0.4 is 10.5 Å². The molecule has 1 saturated heterocycles. The van der Waals surface area contributed by atoms with Crippen LogP contribution in [0.1, 0.15) is 33.6 Å². The number of fused-ring (bicyclic) bond motifs is 1. The van der Waals surface area contributed by atoms with E-state index >= 15 is 0 Å². The molecule has 1 spiro atoms. The Morgan fingerprint density at radius 2 is 1.72 bits per heavy atom. The molecule has 9 nitrogen and oxygen atoms in total. The minimum Gasteiger partial charge on any atom is -0.336 e. The maximum absolute atomic E-state index is 13.8. The Morgan fingerprint density at radius 1 is 0.923 bits per heavy atom. The summed E-state index contributed by atoms with van der Waals surface area (Å²) in [5.41, 5.74) is 0.825. The van der Waals surface area contributed by atoms with Crippen LogP contribution >= 0.6 is 0 Å². The zero-order valence-corrected chi connectivity index (χ0v) is 21.0. The summed E-state index contributed by atoms with van der Waals surface area (Å²) in [4.78, 5) is 56.6. The highest BCUT2D eigenvalue weighted by atomic mass is 19.1. The van der Waals surface area contributed by atoms with Crippen molar-refractivity contribution in [2.24, 2.45) is 0 Å². The van der Waals surface area contributed by atoms with Gasteiger partial charge in [-0.3, -0.25) is 19.0 Å². The van der Waals surface area contributed by atoms with Crippen molar-refractivity contribution in [1.82, 2.24) is 24.4 Å². The average Bonchev–Trinajstić information content (AvgIpc) is 3.39.